The maximum atomic E-state index is 14.6. The third kappa shape index (κ3) is 5.64. The number of carbonyl (C=O) groups excluding carboxylic acids is 3. The van der Waals surface area contributed by atoms with Gasteiger partial charge in [0, 0.05) is 29.3 Å². The van der Waals surface area contributed by atoms with Crippen LogP contribution < -0.4 is 5.32 Å². The summed E-state index contributed by atoms with van der Waals surface area (Å²) in [6.07, 6.45) is -1.49. The summed E-state index contributed by atoms with van der Waals surface area (Å²) in [5.74, 6) is -2.39. The summed E-state index contributed by atoms with van der Waals surface area (Å²) in [5.41, 5.74) is 1.14. The number of hydrogen-bond acceptors (Lipinski definition) is 10. The van der Waals surface area contributed by atoms with Crippen molar-refractivity contribution in [2.45, 2.75) is 107 Å². The van der Waals surface area contributed by atoms with Crippen molar-refractivity contribution in [3.05, 3.63) is 68.8 Å². The Morgan fingerprint density at radius 2 is 1.83 bits per heavy atom. The standard InChI is InChI=1S/C34H39IN2O9/c1-32(2,3)43-25(39)12-11-23(18-38)36-31(41)34-16-24-26-27(45-33(44-26)14-20-8-4-5-9-21(20)15-33)29(34)46-37(28(34)30(40)42-24)17-19-7-6-10-22(35)13-19/h4-10,13,23-24,26-29,38H,11-12,14-18H2,1-3H3,(H,36,41). The van der Waals surface area contributed by atoms with Gasteiger partial charge in [-0.05, 0) is 78.6 Å². The Hall–Kier alpha value is -2.62. The first kappa shape index (κ1) is 32.0. The molecule has 5 aliphatic rings. The highest BCUT2D eigenvalue weighted by atomic mass is 127. The molecule has 7 atom stereocenters. The van der Waals surface area contributed by atoms with E-state index in [9.17, 15) is 19.5 Å². The molecule has 4 fully saturated rings. The first-order valence-corrected chi connectivity index (χ1v) is 16.9. The summed E-state index contributed by atoms with van der Waals surface area (Å²) >= 11 is 2.23. The Bertz CT molecular complexity index is 1520. The molecule has 1 spiro atoms. The van der Waals surface area contributed by atoms with E-state index in [0.717, 1.165) is 20.3 Å². The highest BCUT2D eigenvalue weighted by Crippen LogP contribution is 2.58. The van der Waals surface area contributed by atoms with Crippen LogP contribution in [0.5, 0.6) is 0 Å². The molecule has 2 aromatic rings. The lowest BCUT2D eigenvalue weighted by Crippen LogP contribution is -2.70. The summed E-state index contributed by atoms with van der Waals surface area (Å²) in [6, 6.07) is 14.1. The topological polar surface area (TPSA) is 133 Å². The van der Waals surface area contributed by atoms with E-state index in [1.54, 1.807) is 25.8 Å². The molecule has 1 saturated carbocycles. The Kier molecular flexibility index (Phi) is 8.21. The minimum Gasteiger partial charge on any atom is -0.460 e. The molecule has 2 aliphatic carbocycles. The molecular formula is C34H39IN2O9. The number of halogens is 1. The number of hydroxylamine groups is 2. The predicted octanol–water partition coefficient (Wildman–Crippen LogP) is 2.97. The van der Waals surface area contributed by atoms with Gasteiger partial charge in [0.2, 0.25) is 5.91 Å². The molecule has 3 saturated heterocycles. The fourth-order valence-corrected chi connectivity index (χ4v) is 8.40. The van der Waals surface area contributed by atoms with Gasteiger partial charge >= 0.3 is 11.9 Å². The van der Waals surface area contributed by atoms with E-state index in [-0.39, 0.29) is 25.8 Å². The Morgan fingerprint density at radius 1 is 1.11 bits per heavy atom. The van der Waals surface area contributed by atoms with Crippen molar-refractivity contribution in [3.63, 3.8) is 0 Å². The van der Waals surface area contributed by atoms with Gasteiger partial charge in [-0.1, -0.05) is 36.4 Å². The third-order valence-corrected chi connectivity index (χ3v) is 10.3. The number of rotatable bonds is 8. The van der Waals surface area contributed by atoms with E-state index in [1.807, 2.05) is 36.4 Å². The zero-order valence-corrected chi connectivity index (χ0v) is 28.2. The van der Waals surface area contributed by atoms with Crippen LogP contribution >= 0.6 is 22.6 Å². The molecule has 2 aromatic carbocycles. The number of nitrogens with one attached hydrogen (secondary N) is 1. The first-order chi connectivity index (χ1) is 21.9. The molecule has 2 N–H and O–H groups in total. The average Bonchev–Trinajstić information content (AvgIpc) is 3.65. The van der Waals surface area contributed by atoms with Crippen LogP contribution in [0.15, 0.2) is 48.5 Å². The number of esters is 2. The first-order valence-electron chi connectivity index (χ1n) is 15.8. The van der Waals surface area contributed by atoms with E-state index < -0.39 is 77.8 Å². The number of aliphatic hydroxyl groups excluding tert-OH is 1. The maximum Gasteiger partial charge on any atom is 0.327 e. The number of hydrogen-bond donors (Lipinski definition) is 2. The predicted molar refractivity (Wildman–Crippen MR) is 171 cm³/mol. The molecule has 46 heavy (non-hydrogen) atoms. The second kappa shape index (κ2) is 11.8. The second-order valence-corrected chi connectivity index (χ2v) is 15.3. The number of carbonyl (C=O) groups is 3. The number of amides is 1. The van der Waals surface area contributed by atoms with Gasteiger partial charge in [0.05, 0.1) is 19.2 Å². The van der Waals surface area contributed by atoms with Gasteiger partial charge in [0.15, 0.2) is 11.8 Å². The average molecular weight is 747 g/mol. The number of fused-ring (bicyclic) bond motifs is 5. The van der Waals surface area contributed by atoms with Crippen LogP contribution in [0.3, 0.4) is 0 Å². The minimum absolute atomic E-state index is 0.00724. The summed E-state index contributed by atoms with van der Waals surface area (Å²) < 4.78 is 25.9. The van der Waals surface area contributed by atoms with Crippen molar-refractivity contribution in [1.82, 2.24) is 10.4 Å². The highest BCUT2D eigenvalue weighted by Gasteiger charge is 2.76. The fraction of sp³-hybridized carbons (Fsp3) is 0.559. The molecule has 7 unspecified atom stereocenters. The van der Waals surface area contributed by atoms with Crippen LogP contribution in [-0.4, -0.2) is 82.5 Å². The molecule has 0 aromatic heterocycles. The van der Waals surface area contributed by atoms with Gasteiger partial charge in [0.1, 0.15) is 35.4 Å². The zero-order chi connectivity index (χ0) is 32.4. The number of ether oxygens (including phenoxy) is 4. The van der Waals surface area contributed by atoms with Crippen LogP contribution in [0.2, 0.25) is 0 Å². The lowest BCUT2D eigenvalue weighted by molar-refractivity contribution is -0.217. The van der Waals surface area contributed by atoms with E-state index in [1.165, 1.54) is 0 Å². The van der Waals surface area contributed by atoms with Crippen LogP contribution in [0.1, 0.15) is 56.7 Å². The van der Waals surface area contributed by atoms with Crippen LogP contribution in [0, 0.1) is 8.99 Å². The number of aliphatic hydroxyl groups is 1. The molecule has 7 rings (SSSR count). The zero-order valence-electron chi connectivity index (χ0n) is 26.1. The highest BCUT2D eigenvalue weighted by molar-refractivity contribution is 14.1. The summed E-state index contributed by atoms with van der Waals surface area (Å²) in [5, 5.41) is 14.8. The summed E-state index contributed by atoms with van der Waals surface area (Å²) in [6.45, 7) is 5.19. The van der Waals surface area contributed by atoms with E-state index in [2.05, 4.69) is 40.0 Å². The summed E-state index contributed by atoms with van der Waals surface area (Å²) in [7, 11) is 0. The van der Waals surface area contributed by atoms with Gasteiger partial charge in [-0.25, -0.2) is 0 Å². The van der Waals surface area contributed by atoms with Crippen molar-refractivity contribution >= 4 is 40.4 Å². The van der Waals surface area contributed by atoms with Crippen molar-refractivity contribution in [2.24, 2.45) is 5.41 Å². The van der Waals surface area contributed by atoms with E-state index in [4.69, 9.17) is 23.8 Å². The maximum absolute atomic E-state index is 14.6. The van der Waals surface area contributed by atoms with Crippen molar-refractivity contribution < 1.29 is 43.3 Å². The minimum atomic E-state index is -1.39. The number of nitrogens with zero attached hydrogens (tertiary/aromatic N) is 1. The van der Waals surface area contributed by atoms with Crippen LogP contribution in [0.25, 0.3) is 0 Å². The normalized spacial score (nSPS) is 31.2. The Balaban J connectivity index is 1.19. The lowest BCUT2D eigenvalue weighted by Gasteiger charge is -2.49. The number of benzene rings is 2. The molecule has 11 nitrogen and oxygen atoms in total. The van der Waals surface area contributed by atoms with E-state index in [0.29, 0.717) is 12.8 Å². The fourth-order valence-electron chi connectivity index (χ4n) is 7.79. The van der Waals surface area contributed by atoms with Crippen LogP contribution in [-0.2, 0) is 57.6 Å². The second-order valence-electron chi connectivity index (χ2n) is 14.0. The van der Waals surface area contributed by atoms with Gasteiger partial charge in [-0.2, -0.15) is 5.06 Å². The van der Waals surface area contributed by atoms with E-state index >= 15 is 0 Å². The molecule has 0 radical (unpaired) electrons. The van der Waals surface area contributed by atoms with Crippen molar-refractivity contribution in [3.8, 4) is 0 Å². The molecule has 3 aliphatic heterocycles. The van der Waals surface area contributed by atoms with Gasteiger partial charge in [0.25, 0.3) is 0 Å². The molecule has 246 valence electrons. The molecule has 2 bridgehead atoms. The third-order valence-electron chi connectivity index (χ3n) is 9.61. The SMILES string of the molecule is CC(C)(C)OC(=O)CCC(CO)NC(=O)C12CC3OC(=O)C1N(Cc1cccc(I)c1)OC2C1OC2(Cc4ccccc4C2)OC31. The smallest absolute Gasteiger partial charge is 0.327 e. The molecule has 1 amide bonds. The van der Waals surface area contributed by atoms with Crippen molar-refractivity contribution in [2.75, 3.05) is 6.61 Å². The van der Waals surface area contributed by atoms with Crippen molar-refractivity contribution in [1.29, 1.82) is 0 Å². The Labute approximate surface area is 281 Å². The molecule has 12 heteroatoms. The van der Waals surface area contributed by atoms with Gasteiger partial charge in [-0.15, -0.1) is 0 Å². The Morgan fingerprint density at radius 3 is 2.50 bits per heavy atom. The monoisotopic (exact) mass is 746 g/mol. The van der Waals surface area contributed by atoms with Gasteiger partial charge in [-0.3, -0.25) is 19.2 Å². The van der Waals surface area contributed by atoms with Crippen LogP contribution in [0.4, 0.5) is 0 Å². The lowest BCUT2D eigenvalue weighted by atomic mass is 9.62. The molecular weight excluding hydrogens is 707 g/mol. The largest absolute Gasteiger partial charge is 0.460 e. The summed E-state index contributed by atoms with van der Waals surface area (Å²) in [4.78, 5) is 47.5. The quantitative estimate of drug-likeness (QED) is 0.307. The molecule has 3 heterocycles. The van der Waals surface area contributed by atoms with Gasteiger partial charge < -0.3 is 29.4 Å².